The molecule has 3 N–H and O–H groups in total. The second kappa shape index (κ2) is 13.2. The summed E-state index contributed by atoms with van der Waals surface area (Å²) in [5.74, 6) is -0.819. The summed E-state index contributed by atoms with van der Waals surface area (Å²) in [5.41, 5.74) is 0. The van der Waals surface area contributed by atoms with Gasteiger partial charge in [0.2, 0.25) is 11.8 Å². The number of methoxy groups -OCH3 is 1. The molecule has 0 aromatic carbocycles. The van der Waals surface area contributed by atoms with Gasteiger partial charge in [-0.3, -0.25) is 14.5 Å². The van der Waals surface area contributed by atoms with Crippen LogP contribution < -0.4 is 10.6 Å². The van der Waals surface area contributed by atoms with E-state index in [0.29, 0.717) is 31.5 Å². The van der Waals surface area contributed by atoms with Crippen LogP contribution in [0.1, 0.15) is 51.4 Å². The highest BCUT2D eigenvalue weighted by atomic mass is 16.5. The summed E-state index contributed by atoms with van der Waals surface area (Å²) in [5, 5.41) is 15.1. The van der Waals surface area contributed by atoms with Gasteiger partial charge in [-0.05, 0) is 44.9 Å². The van der Waals surface area contributed by atoms with Crippen molar-refractivity contribution in [3.05, 3.63) is 0 Å². The SMILES string of the molecule is C1CCOC1.COC(=O)[C@H]1CCC[C@H]2C(=O)NCC(=O)N12.OC[C@H]1CCC[C@H]2CNCCN12. The molecule has 0 unspecified atom stereocenters. The molecule has 0 radical (unpaired) electrons. The molecule has 10 heteroatoms. The van der Waals surface area contributed by atoms with Crippen LogP contribution >= 0.6 is 0 Å². The quantitative estimate of drug-likeness (QED) is 0.470. The Morgan fingerprint density at radius 1 is 1.12 bits per heavy atom. The zero-order valence-corrected chi connectivity index (χ0v) is 19.8. The number of hydrogen-bond donors (Lipinski definition) is 3. The Morgan fingerprint density at radius 2 is 1.88 bits per heavy atom. The van der Waals surface area contributed by atoms with E-state index in [1.54, 1.807) is 0 Å². The van der Waals surface area contributed by atoms with E-state index in [0.717, 1.165) is 39.3 Å². The van der Waals surface area contributed by atoms with Gasteiger partial charge in [0.15, 0.2) is 0 Å². The molecule has 5 aliphatic rings. The Labute approximate surface area is 196 Å². The highest BCUT2D eigenvalue weighted by molar-refractivity contribution is 5.97. The topological polar surface area (TPSA) is 120 Å². The van der Waals surface area contributed by atoms with E-state index in [9.17, 15) is 14.4 Å². The van der Waals surface area contributed by atoms with Crippen LogP contribution in [0.2, 0.25) is 0 Å². The molecule has 5 aliphatic heterocycles. The maximum absolute atomic E-state index is 11.7. The average molecular weight is 469 g/mol. The first-order chi connectivity index (χ1) is 16.1. The van der Waals surface area contributed by atoms with Crippen LogP contribution in [0.5, 0.6) is 0 Å². The maximum Gasteiger partial charge on any atom is 0.328 e. The third-order valence-electron chi connectivity index (χ3n) is 7.08. The molecule has 0 saturated carbocycles. The van der Waals surface area contributed by atoms with Gasteiger partial charge in [0.05, 0.1) is 20.3 Å². The summed E-state index contributed by atoms with van der Waals surface area (Å²) in [6.07, 6.45) is 8.28. The first kappa shape index (κ1) is 25.9. The minimum absolute atomic E-state index is 0.0250. The van der Waals surface area contributed by atoms with Crippen molar-refractivity contribution in [3.63, 3.8) is 0 Å². The number of fused-ring (bicyclic) bond motifs is 2. The summed E-state index contributed by atoms with van der Waals surface area (Å²) in [6.45, 7) is 5.65. The minimum Gasteiger partial charge on any atom is -0.467 e. The summed E-state index contributed by atoms with van der Waals surface area (Å²) < 4.78 is 9.60. The highest BCUT2D eigenvalue weighted by Crippen LogP contribution is 2.26. The van der Waals surface area contributed by atoms with E-state index >= 15 is 0 Å². The van der Waals surface area contributed by atoms with Gasteiger partial charge in [-0.15, -0.1) is 0 Å². The fourth-order valence-electron chi connectivity index (χ4n) is 5.33. The lowest BCUT2D eigenvalue weighted by Crippen LogP contribution is -2.64. The molecule has 5 fully saturated rings. The number of esters is 1. The average Bonchev–Trinajstić information content (AvgIpc) is 3.46. The number of hydrogen-bond acceptors (Lipinski definition) is 8. The van der Waals surface area contributed by atoms with Gasteiger partial charge in [-0.1, -0.05) is 6.42 Å². The lowest BCUT2D eigenvalue weighted by molar-refractivity contribution is -0.162. The van der Waals surface area contributed by atoms with Crippen LogP contribution in [0, 0.1) is 0 Å². The molecule has 188 valence electrons. The number of rotatable bonds is 2. The number of ether oxygens (including phenoxy) is 2. The number of nitrogens with zero attached hydrogens (tertiary/aromatic N) is 2. The number of carbonyl (C=O) groups excluding carboxylic acids is 3. The van der Waals surface area contributed by atoms with Crippen LogP contribution in [-0.2, 0) is 23.9 Å². The van der Waals surface area contributed by atoms with Crippen LogP contribution in [-0.4, -0.2) is 110 Å². The smallest absolute Gasteiger partial charge is 0.328 e. The Morgan fingerprint density at radius 3 is 2.55 bits per heavy atom. The number of nitrogens with one attached hydrogen (secondary N) is 2. The van der Waals surface area contributed by atoms with Crippen molar-refractivity contribution in [1.82, 2.24) is 20.4 Å². The van der Waals surface area contributed by atoms with E-state index in [1.165, 1.54) is 44.1 Å². The molecule has 0 bridgehead atoms. The molecule has 4 atom stereocenters. The molecular weight excluding hydrogens is 428 g/mol. The first-order valence-corrected chi connectivity index (χ1v) is 12.4. The zero-order valence-electron chi connectivity index (χ0n) is 19.8. The summed E-state index contributed by atoms with van der Waals surface area (Å²) in [7, 11) is 1.29. The van der Waals surface area contributed by atoms with Crippen LogP contribution in [0.15, 0.2) is 0 Å². The number of carbonyl (C=O) groups is 3. The largest absolute Gasteiger partial charge is 0.467 e. The normalized spacial score (nSPS) is 31.6. The Kier molecular flexibility index (Phi) is 10.4. The molecule has 0 aromatic heterocycles. The summed E-state index contributed by atoms with van der Waals surface area (Å²) in [6, 6.07) is 0.0527. The molecule has 33 heavy (non-hydrogen) atoms. The molecule has 2 amide bonds. The van der Waals surface area contributed by atoms with E-state index in [-0.39, 0.29) is 18.4 Å². The van der Waals surface area contributed by atoms with Gasteiger partial charge in [0, 0.05) is 44.9 Å². The number of piperidine rings is 2. The third-order valence-corrected chi connectivity index (χ3v) is 7.08. The standard InChI is InChI=1S/C10H14N2O4.C9H18N2O.C4H8O/c1-16-10(15)7-4-2-3-6-9(14)11-5-8(13)12(6)7;12-7-9-3-1-2-8-6-10-4-5-11(8)9;1-2-4-5-3-1/h6-7H,2-5H2,1H3,(H,11,14);8-10,12H,1-7H2;1-4H2/t6-,7+;8-,9+;/m00./s1. The maximum atomic E-state index is 11.7. The third kappa shape index (κ3) is 6.88. The molecule has 5 heterocycles. The Hall–Kier alpha value is -1.75. The summed E-state index contributed by atoms with van der Waals surface area (Å²) >= 11 is 0. The minimum atomic E-state index is -0.595. The molecule has 5 rings (SSSR count). The fraction of sp³-hybridized carbons (Fsp3) is 0.870. The lowest BCUT2D eigenvalue weighted by Gasteiger charge is -2.44. The van der Waals surface area contributed by atoms with Gasteiger partial charge >= 0.3 is 5.97 Å². The lowest BCUT2D eigenvalue weighted by atomic mass is 9.93. The van der Waals surface area contributed by atoms with E-state index in [1.807, 2.05) is 0 Å². The second-order valence-corrected chi connectivity index (χ2v) is 9.19. The van der Waals surface area contributed by atoms with Crippen molar-refractivity contribution in [2.45, 2.75) is 75.5 Å². The molecule has 5 saturated heterocycles. The Bertz CT molecular complexity index is 642. The second-order valence-electron chi connectivity index (χ2n) is 9.19. The van der Waals surface area contributed by atoms with E-state index in [2.05, 4.69) is 20.3 Å². The number of piperazine rings is 2. The number of amides is 2. The van der Waals surface area contributed by atoms with Gasteiger partial charge in [0.1, 0.15) is 12.1 Å². The zero-order chi connectivity index (χ0) is 23.6. The van der Waals surface area contributed by atoms with Gasteiger partial charge in [-0.25, -0.2) is 4.79 Å². The van der Waals surface area contributed by atoms with Gasteiger partial charge in [-0.2, -0.15) is 0 Å². The predicted molar refractivity (Wildman–Crippen MR) is 121 cm³/mol. The van der Waals surface area contributed by atoms with Crippen LogP contribution in [0.4, 0.5) is 0 Å². The molecular formula is C23H40N4O6. The Balaban J connectivity index is 0.000000157. The van der Waals surface area contributed by atoms with Gasteiger partial charge in [0.25, 0.3) is 0 Å². The molecule has 0 aliphatic carbocycles. The number of aliphatic hydroxyl groups is 1. The highest BCUT2D eigenvalue weighted by Gasteiger charge is 2.44. The molecule has 0 spiro atoms. The van der Waals surface area contributed by atoms with Crippen molar-refractivity contribution in [1.29, 1.82) is 0 Å². The van der Waals surface area contributed by atoms with E-state index < -0.39 is 18.1 Å². The van der Waals surface area contributed by atoms with E-state index in [4.69, 9.17) is 9.84 Å². The molecule has 10 nitrogen and oxygen atoms in total. The van der Waals surface area contributed by atoms with Crippen molar-refractivity contribution in [2.75, 3.05) is 53.1 Å². The van der Waals surface area contributed by atoms with Crippen LogP contribution in [0.25, 0.3) is 0 Å². The predicted octanol–water partition coefficient (Wildman–Crippen LogP) is -0.359. The first-order valence-electron chi connectivity index (χ1n) is 12.4. The summed E-state index contributed by atoms with van der Waals surface area (Å²) in [4.78, 5) is 38.7. The van der Waals surface area contributed by atoms with Crippen LogP contribution in [0.3, 0.4) is 0 Å². The van der Waals surface area contributed by atoms with Crippen molar-refractivity contribution >= 4 is 17.8 Å². The fourth-order valence-corrected chi connectivity index (χ4v) is 5.33. The van der Waals surface area contributed by atoms with Crippen molar-refractivity contribution in [3.8, 4) is 0 Å². The van der Waals surface area contributed by atoms with Crippen molar-refractivity contribution in [2.24, 2.45) is 0 Å². The molecule has 0 aromatic rings. The van der Waals surface area contributed by atoms with Gasteiger partial charge < -0.3 is 30.1 Å². The number of aliphatic hydroxyl groups excluding tert-OH is 1. The monoisotopic (exact) mass is 468 g/mol. The van der Waals surface area contributed by atoms with Crippen molar-refractivity contribution < 1.29 is 29.0 Å².